The summed E-state index contributed by atoms with van der Waals surface area (Å²) in [6.07, 6.45) is 3.51. The zero-order valence-corrected chi connectivity index (χ0v) is 16.7. The minimum Gasteiger partial charge on any atom is -0.464 e. The maximum atomic E-state index is 12.3. The molecule has 1 atom stereocenters. The monoisotopic (exact) mass is 375 g/mol. The molecule has 1 aromatic heterocycles. The lowest BCUT2D eigenvalue weighted by Gasteiger charge is -2.27. The van der Waals surface area contributed by atoms with Gasteiger partial charge in [0, 0.05) is 37.8 Å². The molecule has 0 aromatic carbocycles. The van der Waals surface area contributed by atoms with Crippen molar-refractivity contribution in [2.45, 2.75) is 45.8 Å². The Morgan fingerprint density at radius 2 is 1.96 bits per heavy atom. The second-order valence-electron chi connectivity index (χ2n) is 8.65. The van der Waals surface area contributed by atoms with E-state index in [4.69, 9.17) is 9.47 Å². The van der Waals surface area contributed by atoms with Crippen LogP contribution < -0.4 is 0 Å². The number of hydrogen-bond acceptors (Lipinski definition) is 6. The molecular weight excluding hydrogens is 346 g/mol. The zero-order valence-electron chi connectivity index (χ0n) is 16.7. The maximum absolute atomic E-state index is 12.3. The summed E-state index contributed by atoms with van der Waals surface area (Å²) in [5, 5.41) is 0. The van der Waals surface area contributed by atoms with E-state index < -0.39 is 11.6 Å². The molecule has 2 fully saturated rings. The van der Waals surface area contributed by atoms with Gasteiger partial charge in [0.2, 0.25) is 0 Å². The molecule has 0 radical (unpaired) electrons. The highest BCUT2D eigenvalue weighted by Crippen LogP contribution is 2.40. The number of methoxy groups -OCH3 is 1. The van der Waals surface area contributed by atoms with E-state index in [1.54, 1.807) is 12.3 Å². The third-order valence-electron chi connectivity index (χ3n) is 5.23. The third kappa shape index (κ3) is 4.77. The lowest BCUT2D eigenvalue weighted by Crippen LogP contribution is -2.37. The van der Waals surface area contributed by atoms with Crippen LogP contribution in [0.15, 0.2) is 18.3 Å². The lowest BCUT2D eigenvalue weighted by atomic mass is 9.86. The maximum Gasteiger partial charge on any atom is 0.410 e. The number of hydrogen-bond donors (Lipinski definition) is 0. The zero-order chi connectivity index (χ0) is 19.7. The van der Waals surface area contributed by atoms with Crippen LogP contribution in [-0.4, -0.2) is 65.7 Å². The molecule has 1 amide bonds. The predicted molar refractivity (Wildman–Crippen MR) is 100 cm³/mol. The van der Waals surface area contributed by atoms with Gasteiger partial charge in [-0.25, -0.2) is 14.6 Å². The highest BCUT2D eigenvalue weighted by Gasteiger charge is 2.45. The van der Waals surface area contributed by atoms with Crippen LogP contribution in [-0.2, 0) is 16.0 Å². The molecule has 7 heteroatoms. The van der Waals surface area contributed by atoms with Crippen LogP contribution in [0.25, 0.3) is 0 Å². The highest BCUT2D eigenvalue weighted by atomic mass is 16.6. The molecule has 3 rings (SSSR count). The molecule has 0 bridgehead atoms. The standard InChI is InChI=1S/C20H29N3O4/c1-19(2,3)27-18(25)23-10-7-20(14-23)6-9-22(13-20)12-15-5-8-21-16(11-15)17(24)26-4/h5,8,11H,6-7,9-10,12-14H2,1-4H3. The van der Waals surface area contributed by atoms with Gasteiger partial charge in [0.1, 0.15) is 11.3 Å². The number of carbonyl (C=O) groups is 2. The first-order valence-electron chi connectivity index (χ1n) is 9.43. The van der Waals surface area contributed by atoms with E-state index in [-0.39, 0.29) is 11.5 Å². The molecular formula is C20H29N3O4. The van der Waals surface area contributed by atoms with Gasteiger partial charge in [0.05, 0.1) is 7.11 Å². The number of rotatable bonds is 3. The first kappa shape index (κ1) is 19.6. The summed E-state index contributed by atoms with van der Waals surface area (Å²) in [7, 11) is 1.36. The molecule has 148 valence electrons. The summed E-state index contributed by atoms with van der Waals surface area (Å²) in [5.41, 5.74) is 1.06. The molecule has 7 nitrogen and oxygen atoms in total. The fourth-order valence-electron chi connectivity index (χ4n) is 3.96. The van der Waals surface area contributed by atoms with Crippen molar-refractivity contribution in [2.75, 3.05) is 33.3 Å². The summed E-state index contributed by atoms with van der Waals surface area (Å²) in [6, 6.07) is 3.72. The van der Waals surface area contributed by atoms with Crippen molar-refractivity contribution in [1.82, 2.24) is 14.8 Å². The number of likely N-dealkylation sites (tertiary alicyclic amines) is 2. The van der Waals surface area contributed by atoms with Crippen molar-refractivity contribution < 1.29 is 19.1 Å². The quantitative estimate of drug-likeness (QED) is 0.757. The van der Waals surface area contributed by atoms with Crippen LogP contribution in [0.2, 0.25) is 0 Å². The number of ether oxygens (including phenoxy) is 2. The Kier molecular flexibility index (Phi) is 5.42. The smallest absolute Gasteiger partial charge is 0.410 e. The third-order valence-corrected chi connectivity index (χ3v) is 5.23. The van der Waals surface area contributed by atoms with Gasteiger partial charge in [-0.15, -0.1) is 0 Å². The molecule has 27 heavy (non-hydrogen) atoms. The van der Waals surface area contributed by atoms with Crippen molar-refractivity contribution in [3.05, 3.63) is 29.6 Å². The topological polar surface area (TPSA) is 72.0 Å². The summed E-state index contributed by atoms with van der Waals surface area (Å²) < 4.78 is 10.3. The van der Waals surface area contributed by atoms with E-state index in [0.717, 1.165) is 51.1 Å². The van der Waals surface area contributed by atoms with E-state index in [9.17, 15) is 9.59 Å². The molecule has 2 aliphatic heterocycles. The lowest BCUT2D eigenvalue weighted by molar-refractivity contribution is 0.0273. The molecule has 0 aliphatic carbocycles. The molecule has 3 heterocycles. The number of nitrogens with zero attached hydrogens (tertiary/aromatic N) is 3. The first-order valence-corrected chi connectivity index (χ1v) is 9.43. The Balaban J connectivity index is 1.58. The number of esters is 1. The fourth-order valence-corrected chi connectivity index (χ4v) is 3.96. The minimum atomic E-state index is -0.465. The molecule has 2 saturated heterocycles. The van der Waals surface area contributed by atoms with Gasteiger partial charge in [-0.1, -0.05) is 0 Å². The van der Waals surface area contributed by atoms with Crippen LogP contribution in [0, 0.1) is 5.41 Å². The number of amides is 1. The Morgan fingerprint density at radius 3 is 2.67 bits per heavy atom. The molecule has 0 N–H and O–H groups in total. The summed E-state index contributed by atoms with van der Waals surface area (Å²) in [6.45, 7) is 9.88. The van der Waals surface area contributed by atoms with Crippen LogP contribution in [0.4, 0.5) is 4.79 Å². The molecule has 1 unspecified atom stereocenters. The van der Waals surface area contributed by atoms with E-state index in [0.29, 0.717) is 5.69 Å². The van der Waals surface area contributed by atoms with Gasteiger partial charge in [0.15, 0.2) is 0 Å². The van der Waals surface area contributed by atoms with Gasteiger partial charge < -0.3 is 14.4 Å². The summed E-state index contributed by atoms with van der Waals surface area (Å²) in [5.74, 6) is -0.418. The second kappa shape index (κ2) is 7.46. The Morgan fingerprint density at radius 1 is 1.22 bits per heavy atom. The average Bonchev–Trinajstić information content (AvgIpc) is 3.20. The van der Waals surface area contributed by atoms with E-state index in [2.05, 4.69) is 9.88 Å². The van der Waals surface area contributed by atoms with Gasteiger partial charge in [-0.3, -0.25) is 4.90 Å². The van der Waals surface area contributed by atoms with E-state index in [1.165, 1.54) is 7.11 Å². The Bertz CT molecular complexity index is 715. The van der Waals surface area contributed by atoms with Crippen molar-refractivity contribution in [3.63, 3.8) is 0 Å². The van der Waals surface area contributed by atoms with Crippen LogP contribution in [0.3, 0.4) is 0 Å². The van der Waals surface area contributed by atoms with Gasteiger partial charge in [-0.05, 0) is 57.9 Å². The van der Waals surface area contributed by atoms with Crippen LogP contribution >= 0.6 is 0 Å². The average molecular weight is 375 g/mol. The van der Waals surface area contributed by atoms with E-state index >= 15 is 0 Å². The Hall–Kier alpha value is -2.15. The van der Waals surface area contributed by atoms with Crippen molar-refractivity contribution >= 4 is 12.1 Å². The van der Waals surface area contributed by atoms with Gasteiger partial charge >= 0.3 is 12.1 Å². The van der Waals surface area contributed by atoms with Gasteiger partial charge in [-0.2, -0.15) is 0 Å². The number of aromatic nitrogens is 1. The minimum absolute atomic E-state index is 0.148. The second-order valence-corrected chi connectivity index (χ2v) is 8.65. The molecule has 1 spiro atoms. The Labute approximate surface area is 160 Å². The van der Waals surface area contributed by atoms with Crippen molar-refractivity contribution in [3.8, 4) is 0 Å². The molecule has 2 aliphatic rings. The predicted octanol–water partition coefficient (Wildman–Crippen LogP) is 2.70. The van der Waals surface area contributed by atoms with E-state index in [1.807, 2.05) is 31.7 Å². The van der Waals surface area contributed by atoms with Gasteiger partial charge in [0.25, 0.3) is 0 Å². The number of pyridine rings is 1. The summed E-state index contributed by atoms with van der Waals surface area (Å²) in [4.78, 5) is 32.3. The SMILES string of the molecule is COC(=O)c1cc(CN2CCC3(CCN(C(=O)OC(C)(C)C)C3)C2)ccn1. The molecule has 0 saturated carbocycles. The molecule has 1 aromatic rings. The normalized spacial score (nSPS) is 23.0. The fraction of sp³-hybridized carbons (Fsp3) is 0.650. The first-order chi connectivity index (χ1) is 12.7. The largest absolute Gasteiger partial charge is 0.464 e. The van der Waals surface area contributed by atoms with Crippen LogP contribution in [0.1, 0.15) is 49.7 Å². The summed E-state index contributed by atoms with van der Waals surface area (Å²) >= 11 is 0. The van der Waals surface area contributed by atoms with Crippen molar-refractivity contribution in [1.29, 1.82) is 0 Å². The van der Waals surface area contributed by atoms with Crippen molar-refractivity contribution in [2.24, 2.45) is 5.41 Å². The number of carbonyl (C=O) groups excluding carboxylic acids is 2. The van der Waals surface area contributed by atoms with Crippen LogP contribution in [0.5, 0.6) is 0 Å². The highest BCUT2D eigenvalue weighted by molar-refractivity contribution is 5.87.